The molecule has 0 unspecified atom stereocenters. The fourth-order valence-corrected chi connectivity index (χ4v) is 2.31. The fourth-order valence-electron chi connectivity index (χ4n) is 2.31. The van der Waals surface area contributed by atoms with Gasteiger partial charge in [0.05, 0.1) is 9.85 Å². The van der Waals surface area contributed by atoms with Crippen molar-refractivity contribution in [3.63, 3.8) is 0 Å². The monoisotopic (exact) mass is 408 g/mol. The Labute approximate surface area is 167 Å². The van der Waals surface area contributed by atoms with Crippen molar-refractivity contribution < 1.29 is 19.4 Å². The van der Waals surface area contributed by atoms with Crippen LogP contribution >= 0.6 is 0 Å². The Balaban J connectivity index is 1.69. The topological polar surface area (TPSA) is 170 Å². The summed E-state index contributed by atoms with van der Waals surface area (Å²) in [6.07, 6.45) is 2.02. The minimum Gasteiger partial charge on any atom is -0.307 e. The molecule has 12 nitrogen and oxygen atoms in total. The maximum atomic E-state index is 12.4. The zero-order chi connectivity index (χ0) is 21.7. The molecule has 0 aliphatic heterocycles. The van der Waals surface area contributed by atoms with Crippen LogP contribution < -0.4 is 10.6 Å². The van der Waals surface area contributed by atoms with Gasteiger partial charge in [-0.1, -0.05) is 6.07 Å². The molecular weight excluding hydrogens is 396 g/mol. The quantitative estimate of drug-likeness (QED) is 0.463. The highest BCUT2D eigenvalue weighted by atomic mass is 16.6. The van der Waals surface area contributed by atoms with Crippen molar-refractivity contribution in [1.82, 2.24) is 9.97 Å². The highest BCUT2D eigenvalue weighted by Crippen LogP contribution is 2.15. The summed E-state index contributed by atoms with van der Waals surface area (Å²) in [5.41, 5.74) is -0.128. The van der Waals surface area contributed by atoms with Crippen LogP contribution in [0.25, 0.3) is 0 Å². The molecule has 3 rings (SSSR count). The van der Waals surface area contributed by atoms with Crippen molar-refractivity contribution in [3.8, 4) is 0 Å². The number of nitro groups is 2. The van der Waals surface area contributed by atoms with Crippen molar-refractivity contribution in [2.75, 3.05) is 10.6 Å². The summed E-state index contributed by atoms with van der Waals surface area (Å²) in [4.78, 5) is 52.4. The summed E-state index contributed by atoms with van der Waals surface area (Å²) in [7, 11) is 0. The smallest absolute Gasteiger partial charge is 0.287 e. The van der Waals surface area contributed by atoms with Gasteiger partial charge in [-0.15, -0.1) is 0 Å². The predicted molar refractivity (Wildman–Crippen MR) is 104 cm³/mol. The molecule has 3 aromatic rings. The number of pyridine rings is 2. The van der Waals surface area contributed by atoms with E-state index >= 15 is 0 Å². The number of amides is 2. The number of nitrogens with zero attached hydrogens (tertiary/aromatic N) is 4. The first-order valence-electron chi connectivity index (χ1n) is 8.27. The zero-order valence-electron chi connectivity index (χ0n) is 15.0. The number of hydrogen-bond acceptors (Lipinski definition) is 8. The number of hydrogen-bond donors (Lipinski definition) is 2. The third-order valence-corrected chi connectivity index (χ3v) is 3.79. The van der Waals surface area contributed by atoms with Crippen LogP contribution in [0, 0.1) is 20.2 Å². The second-order valence-electron chi connectivity index (χ2n) is 5.81. The molecule has 2 amide bonds. The number of carbonyl (C=O) groups excluding carboxylic acids is 2. The Hall–Kier alpha value is -4.74. The Bertz CT molecular complexity index is 1040. The molecule has 1 aromatic carbocycles. The van der Waals surface area contributed by atoms with Gasteiger partial charge in [-0.05, 0) is 30.3 Å². The molecule has 0 bridgehead atoms. The number of anilines is 2. The number of aromatic nitrogens is 2. The minimum atomic E-state index is -0.611. The molecule has 150 valence electrons. The van der Waals surface area contributed by atoms with Crippen LogP contribution in [0.4, 0.5) is 23.0 Å². The molecule has 0 saturated heterocycles. The lowest BCUT2D eigenvalue weighted by molar-refractivity contribution is -0.385. The molecule has 2 N–H and O–H groups in total. The van der Waals surface area contributed by atoms with Gasteiger partial charge in [0.2, 0.25) is 0 Å². The second-order valence-corrected chi connectivity index (χ2v) is 5.81. The van der Waals surface area contributed by atoms with E-state index in [-0.39, 0.29) is 34.1 Å². The van der Waals surface area contributed by atoms with E-state index in [4.69, 9.17) is 0 Å². The van der Waals surface area contributed by atoms with Crippen molar-refractivity contribution in [2.24, 2.45) is 0 Å². The predicted octanol–water partition coefficient (Wildman–Crippen LogP) is 2.80. The van der Waals surface area contributed by atoms with E-state index < -0.39 is 21.7 Å². The zero-order valence-corrected chi connectivity index (χ0v) is 15.0. The SMILES string of the molecule is O=C(Nc1ccc([N+](=O)[O-])cn1)c1cccc(C(=O)Nc2ccc([N+](=O)[O-])cn2)c1. The number of nitrogens with one attached hydrogen (secondary N) is 2. The first kappa shape index (κ1) is 20.0. The lowest BCUT2D eigenvalue weighted by Gasteiger charge is -2.07. The van der Waals surface area contributed by atoms with Crippen LogP contribution in [-0.4, -0.2) is 31.6 Å². The highest BCUT2D eigenvalue weighted by molar-refractivity contribution is 6.08. The average Bonchev–Trinajstić information content (AvgIpc) is 2.74. The summed E-state index contributed by atoms with van der Waals surface area (Å²) in [5.74, 6) is -0.926. The Kier molecular flexibility index (Phi) is 5.68. The van der Waals surface area contributed by atoms with E-state index in [1.807, 2.05) is 0 Å². The van der Waals surface area contributed by atoms with E-state index in [0.29, 0.717) is 0 Å². The summed E-state index contributed by atoms with van der Waals surface area (Å²) >= 11 is 0. The van der Waals surface area contributed by atoms with Crippen LogP contribution in [0.3, 0.4) is 0 Å². The Morgan fingerprint density at radius 3 is 1.50 bits per heavy atom. The van der Waals surface area contributed by atoms with Crippen molar-refractivity contribution in [2.45, 2.75) is 0 Å². The largest absolute Gasteiger partial charge is 0.307 e. The fraction of sp³-hybridized carbons (Fsp3) is 0. The Morgan fingerprint density at radius 2 is 1.17 bits per heavy atom. The third-order valence-electron chi connectivity index (χ3n) is 3.79. The molecule has 0 aliphatic carbocycles. The van der Waals surface area contributed by atoms with Crippen LogP contribution in [0.5, 0.6) is 0 Å². The Morgan fingerprint density at radius 1 is 0.733 bits per heavy atom. The molecule has 0 spiro atoms. The van der Waals surface area contributed by atoms with Crippen LogP contribution in [-0.2, 0) is 0 Å². The summed E-state index contributed by atoms with van der Waals surface area (Å²) in [6.45, 7) is 0. The van der Waals surface area contributed by atoms with Crippen LogP contribution in [0.2, 0.25) is 0 Å². The van der Waals surface area contributed by atoms with Crippen molar-refractivity contribution >= 4 is 34.8 Å². The van der Waals surface area contributed by atoms with Gasteiger partial charge in [0.15, 0.2) is 0 Å². The van der Waals surface area contributed by atoms with Crippen molar-refractivity contribution in [3.05, 3.63) is 92.3 Å². The molecule has 30 heavy (non-hydrogen) atoms. The second kappa shape index (κ2) is 8.52. The lowest BCUT2D eigenvalue weighted by Crippen LogP contribution is -2.16. The van der Waals surface area contributed by atoms with E-state index in [9.17, 15) is 29.8 Å². The summed E-state index contributed by atoms with van der Waals surface area (Å²) in [5, 5.41) is 26.2. The van der Waals surface area contributed by atoms with Gasteiger partial charge >= 0.3 is 0 Å². The number of carbonyl (C=O) groups is 2. The summed E-state index contributed by atoms with van der Waals surface area (Å²) in [6, 6.07) is 10.7. The van der Waals surface area contributed by atoms with Gasteiger partial charge < -0.3 is 10.6 Å². The van der Waals surface area contributed by atoms with Crippen molar-refractivity contribution in [1.29, 1.82) is 0 Å². The minimum absolute atomic E-state index is 0.107. The molecule has 0 saturated carbocycles. The maximum Gasteiger partial charge on any atom is 0.287 e. The molecular formula is C18H12N6O6. The highest BCUT2D eigenvalue weighted by Gasteiger charge is 2.14. The maximum absolute atomic E-state index is 12.4. The van der Waals surface area contributed by atoms with E-state index in [0.717, 1.165) is 12.4 Å². The van der Waals surface area contributed by atoms with E-state index in [1.165, 1.54) is 48.5 Å². The van der Waals surface area contributed by atoms with Crippen LogP contribution in [0.15, 0.2) is 60.9 Å². The van der Waals surface area contributed by atoms with Crippen LogP contribution in [0.1, 0.15) is 20.7 Å². The van der Waals surface area contributed by atoms with Gasteiger partial charge in [0.1, 0.15) is 24.0 Å². The molecule has 0 atom stereocenters. The first-order chi connectivity index (χ1) is 14.3. The molecule has 0 aliphatic rings. The molecule has 12 heteroatoms. The average molecular weight is 408 g/mol. The van der Waals surface area contributed by atoms with Gasteiger partial charge in [-0.2, -0.15) is 0 Å². The van der Waals surface area contributed by atoms with Gasteiger partial charge in [0, 0.05) is 23.3 Å². The first-order valence-corrected chi connectivity index (χ1v) is 8.27. The normalized spacial score (nSPS) is 10.1. The molecule has 2 heterocycles. The van der Waals surface area contributed by atoms with Gasteiger partial charge in [-0.25, -0.2) is 9.97 Å². The third kappa shape index (κ3) is 4.75. The number of rotatable bonds is 6. The number of benzene rings is 1. The standard InChI is InChI=1S/C18H12N6O6/c25-17(21-15-6-4-13(9-19-15)23(27)28)11-2-1-3-12(8-11)18(26)22-16-7-5-14(10-20-16)24(29)30/h1-10H,(H,19,21,25)(H,20,22,26). The molecule has 2 aromatic heterocycles. The van der Waals surface area contributed by atoms with E-state index in [1.54, 1.807) is 0 Å². The van der Waals surface area contributed by atoms with Gasteiger partial charge in [-0.3, -0.25) is 29.8 Å². The lowest BCUT2D eigenvalue weighted by atomic mass is 10.1. The van der Waals surface area contributed by atoms with Gasteiger partial charge in [0.25, 0.3) is 23.2 Å². The summed E-state index contributed by atoms with van der Waals surface area (Å²) < 4.78 is 0. The van der Waals surface area contributed by atoms with E-state index in [2.05, 4.69) is 20.6 Å². The molecule has 0 radical (unpaired) electrons. The molecule has 0 fully saturated rings.